The second-order valence-corrected chi connectivity index (χ2v) is 8.36. The van der Waals surface area contributed by atoms with Gasteiger partial charge in [-0.25, -0.2) is 9.97 Å². The van der Waals surface area contributed by atoms with Crippen molar-refractivity contribution in [1.82, 2.24) is 14.9 Å². The van der Waals surface area contributed by atoms with Gasteiger partial charge in [-0.1, -0.05) is 18.2 Å². The summed E-state index contributed by atoms with van der Waals surface area (Å²) >= 11 is 0. The highest BCUT2D eigenvalue weighted by Crippen LogP contribution is 2.35. The second-order valence-electron chi connectivity index (χ2n) is 8.36. The minimum atomic E-state index is -0.150. The lowest BCUT2D eigenvalue weighted by Crippen LogP contribution is -2.24. The maximum absolute atomic E-state index is 12.4. The lowest BCUT2D eigenvalue weighted by Gasteiger charge is -2.18. The molecule has 2 N–H and O–H groups in total. The minimum Gasteiger partial charge on any atom is -0.493 e. The third-order valence-electron chi connectivity index (χ3n) is 5.96. The quantitative estimate of drug-likeness (QED) is 0.373. The van der Waals surface area contributed by atoms with Crippen molar-refractivity contribution < 1.29 is 14.3 Å². The average molecular weight is 470 g/mol. The lowest BCUT2D eigenvalue weighted by atomic mass is 10.2. The maximum Gasteiger partial charge on any atom is 0.255 e. The van der Waals surface area contributed by atoms with E-state index in [1.807, 2.05) is 54.6 Å². The van der Waals surface area contributed by atoms with Crippen LogP contribution in [0.25, 0.3) is 10.9 Å². The van der Waals surface area contributed by atoms with Crippen LogP contribution in [0.5, 0.6) is 11.5 Å². The largest absolute Gasteiger partial charge is 0.493 e. The Morgan fingerprint density at radius 3 is 2.43 bits per heavy atom. The first-order valence-electron chi connectivity index (χ1n) is 11.6. The standard InChI is InChI=1S/C27H27N5O3/c1-34-24-15-22-23(16-25(24)35-18-32-13-5-6-14-32)28-17-29-26(22)30-20-9-11-21(12-10-20)31-27(33)19-7-3-2-4-8-19/h2-4,7-12,15-17H,5-6,13-14,18H2,1H3,(H,31,33)(H,28,29,30). The van der Waals surface area contributed by atoms with E-state index in [9.17, 15) is 4.79 Å². The van der Waals surface area contributed by atoms with E-state index in [0.717, 1.165) is 29.7 Å². The number of benzene rings is 3. The SMILES string of the molecule is COc1cc2c(Nc3ccc(NC(=O)c4ccccc4)cc3)ncnc2cc1OCN1CCCC1. The number of likely N-dealkylation sites (tertiary alicyclic amines) is 1. The Morgan fingerprint density at radius 1 is 0.943 bits per heavy atom. The molecular formula is C27H27N5O3. The molecule has 1 aliphatic heterocycles. The molecule has 5 rings (SSSR count). The summed E-state index contributed by atoms with van der Waals surface area (Å²) in [6.45, 7) is 2.65. The highest BCUT2D eigenvalue weighted by Gasteiger charge is 2.15. The number of hydrogen-bond acceptors (Lipinski definition) is 7. The number of hydrogen-bond donors (Lipinski definition) is 2. The number of nitrogens with zero attached hydrogens (tertiary/aromatic N) is 3. The van der Waals surface area contributed by atoms with Gasteiger partial charge in [-0.2, -0.15) is 0 Å². The molecule has 1 aromatic heterocycles. The third kappa shape index (κ3) is 5.33. The van der Waals surface area contributed by atoms with E-state index < -0.39 is 0 Å². The molecule has 0 saturated carbocycles. The van der Waals surface area contributed by atoms with E-state index in [-0.39, 0.29) is 5.91 Å². The Kier molecular flexibility index (Phi) is 6.72. The van der Waals surface area contributed by atoms with Gasteiger partial charge in [-0.15, -0.1) is 0 Å². The number of rotatable bonds is 8. The normalized spacial score (nSPS) is 13.5. The molecule has 0 radical (unpaired) electrons. The van der Waals surface area contributed by atoms with Crippen LogP contribution in [0.2, 0.25) is 0 Å². The van der Waals surface area contributed by atoms with Gasteiger partial charge in [-0.3, -0.25) is 9.69 Å². The summed E-state index contributed by atoms with van der Waals surface area (Å²) in [6.07, 6.45) is 3.94. The van der Waals surface area contributed by atoms with Crippen molar-refractivity contribution in [3.05, 3.63) is 78.6 Å². The van der Waals surface area contributed by atoms with E-state index >= 15 is 0 Å². The number of amides is 1. The number of nitrogens with one attached hydrogen (secondary N) is 2. The summed E-state index contributed by atoms with van der Waals surface area (Å²) in [5, 5.41) is 7.06. The van der Waals surface area contributed by atoms with Gasteiger partial charge < -0.3 is 20.1 Å². The number of carbonyl (C=O) groups is 1. The van der Waals surface area contributed by atoms with Gasteiger partial charge in [0.2, 0.25) is 0 Å². The van der Waals surface area contributed by atoms with Crippen LogP contribution in [0.1, 0.15) is 23.2 Å². The summed E-state index contributed by atoms with van der Waals surface area (Å²) in [5.74, 6) is 1.80. The molecule has 1 fully saturated rings. The highest BCUT2D eigenvalue weighted by atomic mass is 16.5. The minimum absolute atomic E-state index is 0.150. The van der Waals surface area contributed by atoms with E-state index in [1.165, 1.54) is 19.2 Å². The Morgan fingerprint density at radius 2 is 1.69 bits per heavy atom. The zero-order valence-electron chi connectivity index (χ0n) is 19.5. The number of anilines is 3. The molecule has 8 heteroatoms. The molecule has 3 aromatic carbocycles. The fraction of sp³-hybridized carbons (Fsp3) is 0.222. The number of methoxy groups -OCH3 is 1. The van der Waals surface area contributed by atoms with Crippen molar-refractivity contribution in [2.45, 2.75) is 12.8 Å². The molecule has 0 spiro atoms. The topological polar surface area (TPSA) is 88.6 Å². The van der Waals surface area contributed by atoms with Crippen LogP contribution in [0, 0.1) is 0 Å². The predicted octanol–water partition coefficient (Wildman–Crippen LogP) is 5.07. The molecule has 4 aromatic rings. The van der Waals surface area contributed by atoms with Crippen molar-refractivity contribution >= 4 is 34.0 Å². The molecule has 35 heavy (non-hydrogen) atoms. The Balaban J connectivity index is 1.31. The van der Waals surface area contributed by atoms with Crippen LogP contribution in [0.15, 0.2) is 73.1 Å². The second kappa shape index (κ2) is 10.4. The summed E-state index contributed by atoms with van der Waals surface area (Å²) in [7, 11) is 1.63. The van der Waals surface area contributed by atoms with Gasteiger partial charge in [0.1, 0.15) is 18.9 Å². The zero-order valence-corrected chi connectivity index (χ0v) is 19.5. The van der Waals surface area contributed by atoms with Crippen LogP contribution in [-0.4, -0.2) is 47.7 Å². The smallest absolute Gasteiger partial charge is 0.255 e. The van der Waals surface area contributed by atoms with Crippen molar-refractivity contribution in [3.8, 4) is 11.5 Å². The van der Waals surface area contributed by atoms with E-state index in [4.69, 9.17) is 9.47 Å². The lowest BCUT2D eigenvalue weighted by molar-refractivity contribution is 0.102. The molecule has 1 amide bonds. The van der Waals surface area contributed by atoms with Gasteiger partial charge in [0.05, 0.1) is 12.6 Å². The van der Waals surface area contributed by atoms with Crippen molar-refractivity contribution in [3.63, 3.8) is 0 Å². The molecule has 0 aliphatic carbocycles. The number of fused-ring (bicyclic) bond motifs is 1. The summed E-state index contributed by atoms with van der Waals surface area (Å²) < 4.78 is 11.6. The van der Waals surface area contributed by atoms with Gasteiger partial charge in [0.15, 0.2) is 11.5 Å². The van der Waals surface area contributed by atoms with Crippen molar-refractivity contribution in [1.29, 1.82) is 0 Å². The molecule has 8 nitrogen and oxygen atoms in total. The van der Waals surface area contributed by atoms with Gasteiger partial charge in [0, 0.05) is 41.5 Å². The molecule has 1 saturated heterocycles. The van der Waals surface area contributed by atoms with Crippen LogP contribution in [0.3, 0.4) is 0 Å². The zero-order chi connectivity index (χ0) is 24.0. The first-order valence-corrected chi connectivity index (χ1v) is 11.6. The van der Waals surface area contributed by atoms with E-state index in [1.54, 1.807) is 19.2 Å². The van der Waals surface area contributed by atoms with Gasteiger partial charge in [-0.05, 0) is 55.3 Å². The monoisotopic (exact) mass is 469 g/mol. The maximum atomic E-state index is 12.4. The highest BCUT2D eigenvalue weighted by molar-refractivity contribution is 6.04. The molecule has 1 aliphatic rings. The Hall–Kier alpha value is -4.17. The van der Waals surface area contributed by atoms with E-state index in [0.29, 0.717) is 35.3 Å². The van der Waals surface area contributed by atoms with Crippen LogP contribution in [0.4, 0.5) is 17.2 Å². The van der Waals surface area contributed by atoms with Crippen LogP contribution >= 0.6 is 0 Å². The Labute approximate surface area is 203 Å². The number of carbonyl (C=O) groups excluding carboxylic acids is 1. The average Bonchev–Trinajstić information content (AvgIpc) is 3.42. The molecule has 2 heterocycles. The van der Waals surface area contributed by atoms with Crippen LogP contribution < -0.4 is 20.1 Å². The van der Waals surface area contributed by atoms with E-state index in [2.05, 4.69) is 25.5 Å². The predicted molar refractivity (Wildman–Crippen MR) is 137 cm³/mol. The molecule has 0 unspecified atom stereocenters. The third-order valence-corrected chi connectivity index (χ3v) is 5.96. The first-order chi connectivity index (χ1) is 17.2. The molecule has 178 valence electrons. The van der Waals surface area contributed by atoms with Crippen molar-refractivity contribution in [2.75, 3.05) is 37.6 Å². The Bertz CT molecular complexity index is 1310. The molecule has 0 bridgehead atoms. The summed E-state index contributed by atoms with van der Waals surface area (Å²) in [6, 6.07) is 20.4. The number of ether oxygens (including phenoxy) is 2. The summed E-state index contributed by atoms with van der Waals surface area (Å²) in [5.41, 5.74) is 2.90. The van der Waals surface area contributed by atoms with Gasteiger partial charge >= 0.3 is 0 Å². The van der Waals surface area contributed by atoms with Gasteiger partial charge in [0.25, 0.3) is 5.91 Å². The fourth-order valence-electron chi connectivity index (χ4n) is 4.07. The molecule has 0 atom stereocenters. The summed E-state index contributed by atoms with van der Waals surface area (Å²) in [4.78, 5) is 23.5. The van der Waals surface area contributed by atoms with Crippen molar-refractivity contribution in [2.24, 2.45) is 0 Å². The van der Waals surface area contributed by atoms with Crippen LogP contribution in [-0.2, 0) is 0 Å². The fourth-order valence-corrected chi connectivity index (χ4v) is 4.07. The molecular weight excluding hydrogens is 442 g/mol. The first kappa shape index (κ1) is 22.6. The number of aromatic nitrogens is 2.